The predicted molar refractivity (Wildman–Crippen MR) is 188 cm³/mol. The van der Waals surface area contributed by atoms with Crippen LogP contribution in [-0.4, -0.2) is 51.2 Å². The molecule has 0 aliphatic heterocycles. The Bertz CT molecular complexity index is 2460. The number of fused-ring (bicyclic) bond motifs is 2. The smallest absolute Gasteiger partial charge is 0.348 e. The van der Waals surface area contributed by atoms with Crippen LogP contribution >= 0.6 is 45.9 Å². The summed E-state index contributed by atoms with van der Waals surface area (Å²) in [5, 5.41) is 21.3. The molecular formula is C34H20Cl2N6O4S2. The zero-order valence-electron chi connectivity index (χ0n) is 24.4. The van der Waals surface area contributed by atoms with Gasteiger partial charge in [-0.15, -0.1) is 0 Å². The molecule has 8 aromatic rings. The van der Waals surface area contributed by atoms with Gasteiger partial charge in [-0.1, -0.05) is 107 Å². The summed E-state index contributed by atoms with van der Waals surface area (Å²) < 4.78 is 3.53. The van der Waals surface area contributed by atoms with Crippen LogP contribution in [0.2, 0.25) is 10.0 Å². The Hall–Kier alpha value is -5.40. The summed E-state index contributed by atoms with van der Waals surface area (Å²) in [5.74, 6) is -2.00. The first kappa shape index (κ1) is 31.2. The van der Waals surface area contributed by atoms with E-state index in [1.54, 1.807) is 46.1 Å². The molecule has 4 heterocycles. The SMILES string of the molecule is O=C(O)c1sc(-n2cnc3cc(Cl)ccc32)nc1-c1ccccc1.O=C(O)c1sc(-n2cnc3ccc(Cl)cc32)nc1-c1ccccc1. The Morgan fingerprint density at radius 2 is 1.06 bits per heavy atom. The molecule has 0 aliphatic rings. The summed E-state index contributed by atoms with van der Waals surface area (Å²) in [7, 11) is 0. The number of benzene rings is 4. The van der Waals surface area contributed by atoms with E-state index >= 15 is 0 Å². The third kappa shape index (κ3) is 6.05. The molecule has 0 saturated carbocycles. The van der Waals surface area contributed by atoms with Gasteiger partial charge < -0.3 is 10.2 Å². The average molecular weight is 712 g/mol. The zero-order chi connectivity index (χ0) is 33.4. The fourth-order valence-corrected chi connectivity index (χ4v) is 7.12. The van der Waals surface area contributed by atoms with Crippen molar-refractivity contribution < 1.29 is 19.8 Å². The van der Waals surface area contributed by atoms with Crippen molar-refractivity contribution in [3.63, 3.8) is 0 Å². The van der Waals surface area contributed by atoms with Gasteiger partial charge in [-0.3, -0.25) is 9.13 Å². The van der Waals surface area contributed by atoms with Crippen molar-refractivity contribution in [3.05, 3.63) is 130 Å². The second-order valence-corrected chi connectivity index (χ2v) is 13.0. The third-order valence-corrected chi connectivity index (χ3v) is 9.70. The lowest BCUT2D eigenvalue weighted by molar-refractivity contribution is 0.0691. The fourth-order valence-electron chi connectivity index (χ4n) is 4.97. The fraction of sp³-hybridized carbons (Fsp3) is 0. The highest BCUT2D eigenvalue weighted by Gasteiger charge is 2.22. The Labute approximate surface area is 289 Å². The zero-order valence-corrected chi connectivity index (χ0v) is 27.5. The minimum atomic E-state index is -1.000. The highest BCUT2D eigenvalue weighted by atomic mass is 35.5. The summed E-state index contributed by atoms with van der Waals surface area (Å²) in [6, 6.07) is 29.3. The van der Waals surface area contributed by atoms with Gasteiger partial charge in [-0.25, -0.2) is 29.5 Å². The van der Waals surface area contributed by atoms with Crippen molar-refractivity contribution in [2.45, 2.75) is 0 Å². The first-order chi connectivity index (χ1) is 23.3. The van der Waals surface area contributed by atoms with Gasteiger partial charge in [0.1, 0.15) is 22.4 Å². The van der Waals surface area contributed by atoms with E-state index in [0.717, 1.165) is 55.9 Å². The van der Waals surface area contributed by atoms with Gasteiger partial charge in [0, 0.05) is 21.2 Å². The lowest BCUT2D eigenvalue weighted by Crippen LogP contribution is -1.95. The van der Waals surface area contributed by atoms with Gasteiger partial charge >= 0.3 is 11.9 Å². The molecule has 0 fully saturated rings. The van der Waals surface area contributed by atoms with Crippen LogP contribution in [0.1, 0.15) is 19.3 Å². The number of aromatic nitrogens is 6. The molecule has 48 heavy (non-hydrogen) atoms. The molecule has 236 valence electrons. The summed E-state index contributed by atoms with van der Waals surface area (Å²) in [5.41, 5.74) is 5.55. The number of halogens is 2. The Balaban J connectivity index is 0.000000152. The van der Waals surface area contributed by atoms with E-state index in [9.17, 15) is 19.8 Å². The molecule has 0 bridgehead atoms. The first-order valence-electron chi connectivity index (χ1n) is 14.1. The molecule has 4 aromatic carbocycles. The number of aromatic carboxylic acids is 2. The topological polar surface area (TPSA) is 136 Å². The molecule has 0 spiro atoms. The van der Waals surface area contributed by atoms with Gasteiger partial charge in [0.2, 0.25) is 0 Å². The van der Waals surface area contributed by atoms with Crippen molar-refractivity contribution in [3.8, 4) is 32.8 Å². The van der Waals surface area contributed by atoms with Crippen LogP contribution < -0.4 is 0 Å². The molecule has 2 N–H and O–H groups in total. The molecule has 0 atom stereocenters. The van der Waals surface area contributed by atoms with Crippen molar-refractivity contribution in [2.24, 2.45) is 0 Å². The monoisotopic (exact) mass is 710 g/mol. The minimum absolute atomic E-state index is 0.195. The standard InChI is InChI=1S/2C17H10ClN3O2S/c18-11-6-7-13-12(8-11)19-9-21(13)17-20-14(15(24-17)16(22)23)10-4-2-1-3-5-10;18-11-6-7-12-13(8-11)21(9-19-12)17-20-14(15(24-17)16(22)23)10-4-2-1-3-5-10/h2*1-9H,(H,22,23). The number of carboxylic acid groups (broad SMARTS) is 2. The van der Waals surface area contributed by atoms with E-state index in [-0.39, 0.29) is 9.75 Å². The van der Waals surface area contributed by atoms with Crippen LogP contribution in [0, 0.1) is 0 Å². The molecular weight excluding hydrogens is 691 g/mol. The third-order valence-electron chi connectivity index (χ3n) is 7.15. The van der Waals surface area contributed by atoms with Gasteiger partial charge in [0.15, 0.2) is 10.3 Å². The quantitative estimate of drug-likeness (QED) is 0.174. The van der Waals surface area contributed by atoms with Crippen molar-refractivity contribution >= 4 is 79.9 Å². The highest BCUT2D eigenvalue weighted by molar-refractivity contribution is 7.16. The number of carbonyl (C=O) groups is 2. The van der Waals surface area contributed by atoms with E-state index in [1.807, 2.05) is 72.8 Å². The van der Waals surface area contributed by atoms with E-state index in [1.165, 1.54) is 0 Å². The van der Waals surface area contributed by atoms with Crippen LogP contribution in [0.4, 0.5) is 0 Å². The first-order valence-corrected chi connectivity index (χ1v) is 16.5. The molecule has 0 amide bonds. The summed E-state index contributed by atoms with van der Waals surface area (Å²) in [6.07, 6.45) is 3.25. The lowest BCUT2D eigenvalue weighted by Gasteiger charge is -1.99. The minimum Gasteiger partial charge on any atom is -0.477 e. The van der Waals surface area contributed by atoms with E-state index in [2.05, 4.69) is 19.9 Å². The van der Waals surface area contributed by atoms with E-state index in [0.29, 0.717) is 31.7 Å². The lowest BCUT2D eigenvalue weighted by atomic mass is 10.1. The molecule has 8 rings (SSSR count). The normalized spacial score (nSPS) is 11.0. The van der Waals surface area contributed by atoms with Gasteiger partial charge in [0.05, 0.1) is 33.5 Å². The van der Waals surface area contributed by atoms with Crippen LogP contribution in [0.5, 0.6) is 0 Å². The summed E-state index contributed by atoms with van der Waals surface area (Å²) >= 11 is 14.3. The molecule has 0 unspecified atom stereocenters. The average Bonchev–Trinajstić information content (AvgIpc) is 3.89. The number of imidazole rings is 2. The van der Waals surface area contributed by atoms with Crippen LogP contribution in [0.25, 0.3) is 54.8 Å². The Morgan fingerprint density at radius 1 is 0.583 bits per heavy atom. The van der Waals surface area contributed by atoms with Crippen LogP contribution in [-0.2, 0) is 0 Å². The highest BCUT2D eigenvalue weighted by Crippen LogP contribution is 2.33. The van der Waals surface area contributed by atoms with Gasteiger partial charge in [0.25, 0.3) is 0 Å². The Kier molecular flexibility index (Phi) is 8.46. The maximum atomic E-state index is 11.6. The number of thiazole rings is 2. The molecule has 14 heteroatoms. The number of nitrogens with zero attached hydrogens (tertiary/aromatic N) is 6. The Morgan fingerprint density at radius 3 is 1.60 bits per heavy atom. The molecule has 0 aliphatic carbocycles. The number of hydrogen-bond donors (Lipinski definition) is 2. The second kappa shape index (κ2) is 13.0. The van der Waals surface area contributed by atoms with Gasteiger partial charge in [-0.2, -0.15) is 0 Å². The van der Waals surface area contributed by atoms with Crippen molar-refractivity contribution in [1.29, 1.82) is 0 Å². The summed E-state index contributed by atoms with van der Waals surface area (Å²) in [6.45, 7) is 0. The maximum Gasteiger partial charge on any atom is 0.348 e. The number of carboxylic acids is 2. The van der Waals surface area contributed by atoms with Crippen molar-refractivity contribution in [2.75, 3.05) is 0 Å². The summed E-state index contributed by atoms with van der Waals surface area (Å²) in [4.78, 5) is 41.3. The van der Waals surface area contributed by atoms with E-state index < -0.39 is 11.9 Å². The van der Waals surface area contributed by atoms with Crippen LogP contribution in [0.15, 0.2) is 110 Å². The molecule has 4 aromatic heterocycles. The van der Waals surface area contributed by atoms with Crippen LogP contribution in [0.3, 0.4) is 0 Å². The molecule has 0 saturated heterocycles. The molecule has 10 nitrogen and oxygen atoms in total. The maximum absolute atomic E-state index is 11.6. The molecule has 0 radical (unpaired) electrons. The number of rotatable bonds is 6. The second-order valence-electron chi connectivity index (χ2n) is 10.2. The van der Waals surface area contributed by atoms with E-state index in [4.69, 9.17) is 23.2 Å². The predicted octanol–water partition coefficient (Wildman–Crippen LogP) is 9.00. The van der Waals surface area contributed by atoms with Crippen molar-refractivity contribution in [1.82, 2.24) is 29.1 Å². The van der Waals surface area contributed by atoms with Gasteiger partial charge in [-0.05, 0) is 36.4 Å². The largest absolute Gasteiger partial charge is 0.477 e. The number of hydrogen-bond acceptors (Lipinski definition) is 8.